The predicted octanol–water partition coefficient (Wildman–Crippen LogP) is 0.512. The van der Waals surface area contributed by atoms with Crippen LogP contribution in [-0.2, 0) is 9.53 Å². The zero-order chi connectivity index (χ0) is 15.3. The van der Waals surface area contributed by atoms with Crippen LogP contribution in [-0.4, -0.2) is 41.7 Å². The molecule has 1 unspecified atom stereocenters. The van der Waals surface area contributed by atoms with Gasteiger partial charge in [-0.2, -0.15) is 0 Å². The van der Waals surface area contributed by atoms with Crippen LogP contribution in [0.5, 0.6) is 0 Å². The molecule has 0 radical (unpaired) electrons. The van der Waals surface area contributed by atoms with Gasteiger partial charge in [-0.1, -0.05) is 11.6 Å². The van der Waals surface area contributed by atoms with Gasteiger partial charge in [0.05, 0.1) is 18.6 Å². The van der Waals surface area contributed by atoms with Crippen molar-refractivity contribution in [2.45, 2.75) is 6.04 Å². The molecule has 0 aliphatic rings. The van der Waals surface area contributed by atoms with Crippen molar-refractivity contribution >= 4 is 29.2 Å². The van der Waals surface area contributed by atoms with Crippen molar-refractivity contribution in [2.24, 2.45) is 0 Å². The van der Waals surface area contributed by atoms with Crippen LogP contribution in [0.4, 0.5) is 5.69 Å². The second-order valence-electron chi connectivity index (χ2n) is 3.66. The first-order valence-electron chi connectivity index (χ1n) is 5.34. The summed E-state index contributed by atoms with van der Waals surface area (Å²) in [6, 6.07) is 2.14. The summed E-state index contributed by atoms with van der Waals surface area (Å²) in [4.78, 5) is 32.9. The van der Waals surface area contributed by atoms with Crippen molar-refractivity contribution in [3.8, 4) is 0 Å². The highest BCUT2D eigenvalue weighted by molar-refractivity contribution is 6.33. The first-order valence-corrected chi connectivity index (χ1v) is 5.72. The number of esters is 1. The Morgan fingerprint density at radius 3 is 2.65 bits per heavy atom. The van der Waals surface area contributed by atoms with Crippen LogP contribution in [0, 0.1) is 10.1 Å². The Hall–Kier alpha value is -2.19. The molecule has 0 bridgehead atoms. The summed E-state index contributed by atoms with van der Waals surface area (Å²) in [7, 11) is 1.11. The number of ether oxygens (including phenoxy) is 1. The molecule has 0 heterocycles. The number of halogens is 1. The molecule has 0 aliphatic carbocycles. The van der Waals surface area contributed by atoms with E-state index < -0.39 is 29.4 Å². The summed E-state index contributed by atoms with van der Waals surface area (Å²) in [5.74, 6) is -1.53. The Morgan fingerprint density at radius 2 is 2.20 bits per heavy atom. The maximum absolute atomic E-state index is 11.8. The summed E-state index contributed by atoms with van der Waals surface area (Å²) in [5.41, 5.74) is -0.321. The molecular weight excluding hydrogens is 292 g/mol. The summed E-state index contributed by atoms with van der Waals surface area (Å²) in [6.07, 6.45) is 0. The van der Waals surface area contributed by atoms with Gasteiger partial charge in [0.15, 0.2) is 6.04 Å². The van der Waals surface area contributed by atoms with Gasteiger partial charge < -0.3 is 15.2 Å². The van der Waals surface area contributed by atoms with Gasteiger partial charge in [0.2, 0.25) is 0 Å². The van der Waals surface area contributed by atoms with Crippen molar-refractivity contribution in [3.63, 3.8) is 0 Å². The van der Waals surface area contributed by atoms with Crippen LogP contribution in [0.3, 0.4) is 0 Å². The molecule has 0 spiro atoms. The predicted molar refractivity (Wildman–Crippen MR) is 68.5 cm³/mol. The molecule has 108 valence electrons. The van der Waals surface area contributed by atoms with Gasteiger partial charge in [0.1, 0.15) is 5.02 Å². The molecule has 9 heteroatoms. The average Bonchev–Trinajstić information content (AvgIpc) is 2.42. The van der Waals surface area contributed by atoms with Crippen LogP contribution in [0.1, 0.15) is 10.4 Å². The van der Waals surface area contributed by atoms with E-state index in [-0.39, 0.29) is 16.3 Å². The number of nitro groups is 1. The minimum Gasteiger partial charge on any atom is -0.467 e. The van der Waals surface area contributed by atoms with E-state index in [1.807, 2.05) is 0 Å². The maximum atomic E-state index is 11.8. The third-order valence-corrected chi connectivity index (χ3v) is 2.68. The lowest BCUT2D eigenvalue weighted by Crippen LogP contribution is -2.44. The van der Waals surface area contributed by atoms with Gasteiger partial charge in [-0.05, 0) is 12.1 Å². The molecule has 0 aromatic heterocycles. The number of carbonyl (C=O) groups excluding carboxylic acids is 2. The molecule has 0 saturated heterocycles. The largest absolute Gasteiger partial charge is 0.467 e. The third-order valence-electron chi connectivity index (χ3n) is 2.38. The van der Waals surface area contributed by atoms with E-state index in [4.69, 9.17) is 16.7 Å². The standard InChI is InChI=1S/C11H11ClN2O6/c1-20-11(17)8(5-15)13-10(16)6-2-3-9(14(18)19)7(12)4-6/h2-4,8,15H,5H2,1H3,(H,13,16). The lowest BCUT2D eigenvalue weighted by atomic mass is 10.2. The summed E-state index contributed by atoms with van der Waals surface area (Å²) in [6.45, 7) is -0.640. The lowest BCUT2D eigenvalue weighted by Gasteiger charge is -2.13. The van der Waals surface area contributed by atoms with Gasteiger partial charge in [0.25, 0.3) is 11.6 Å². The Morgan fingerprint density at radius 1 is 1.55 bits per heavy atom. The highest BCUT2D eigenvalue weighted by Gasteiger charge is 2.22. The number of methoxy groups -OCH3 is 1. The van der Waals surface area contributed by atoms with Crippen molar-refractivity contribution in [1.29, 1.82) is 0 Å². The fourth-order valence-corrected chi connectivity index (χ4v) is 1.61. The Balaban J connectivity index is 2.90. The normalized spacial score (nSPS) is 11.6. The minimum absolute atomic E-state index is 0.0166. The van der Waals surface area contributed by atoms with Gasteiger partial charge in [-0.25, -0.2) is 4.79 Å². The molecule has 0 fully saturated rings. The number of aliphatic hydroxyl groups excluding tert-OH is 1. The number of nitro benzene ring substituents is 1. The van der Waals surface area contributed by atoms with E-state index in [9.17, 15) is 19.7 Å². The second kappa shape index (κ2) is 6.83. The Bertz CT molecular complexity index is 548. The molecule has 0 saturated carbocycles. The molecule has 1 atom stereocenters. The van der Waals surface area contributed by atoms with E-state index in [1.165, 1.54) is 6.07 Å². The number of rotatable bonds is 5. The second-order valence-corrected chi connectivity index (χ2v) is 4.06. The van der Waals surface area contributed by atoms with Crippen LogP contribution < -0.4 is 5.32 Å². The molecule has 8 nitrogen and oxygen atoms in total. The smallest absolute Gasteiger partial charge is 0.330 e. The summed E-state index contributed by atoms with van der Waals surface area (Å²) < 4.78 is 4.39. The molecule has 1 aromatic carbocycles. The zero-order valence-corrected chi connectivity index (χ0v) is 11.1. The highest BCUT2D eigenvalue weighted by Crippen LogP contribution is 2.24. The number of hydrogen-bond donors (Lipinski definition) is 2. The maximum Gasteiger partial charge on any atom is 0.330 e. The first kappa shape index (κ1) is 15.9. The number of nitrogens with one attached hydrogen (secondary N) is 1. The molecule has 20 heavy (non-hydrogen) atoms. The van der Waals surface area contributed by atoms with E-state index >= 15 is 0 Å². The molecule has 2 N–H and O–H groups in total. The fourth-order valence-electron chi connectivity index (χ4n) is 1.36. The van der Waals surface area contributed by atoms with E-state index in [0.29, 0.717) is 0 Å². The van der Waals surface area contributed by atoms with E-state index in [2.05, 4.69) is 10.1 Å². The number of benzene rings is 1. The number of nitrogens with zero attached hydrogens (tertiary/aromatic N) is 1. The van der Waals surface area contributed by atoms with Gasteiger partial charge in [0, 0.05) is 11.6 Å². The Labute approximate surface area is 118 Å². The third kappa shape index (κ3) is 3.65. The van der Waals surface area contributed by atoms with Crippen molar-refractivity contribution in [2.75, 3.05) is 13.7 Å². The van der Waals surface area contributed by atoms with Crippen molar-refractivity contribution < 1.29 is 24.4 Å². The highest BCUT2D eigenvalue weighted by atomic mass is 35.5. The molecule has 1 aromatic rings. The first-order chi connectivity index (χ1) is 9.40. The van der Waals surface area contributed by atoms with Crippen LogP contribution in [0.15, 0.2) is 18.2 Å². The van der Waals surface area contributed by atoms with E-state index in [0.717, 1.165) is 19.2 Å². The van der Waals surface area contributed by atoms with Crippen LogP contribution in [0.2, 0.25) is 5.02 Å². The summed E-state index contributed by atoms with van der Waals surface area (Å²) >= 11 is 5.67. The zero-order valence-electron chi connectivity index (χ0n) is 10.3. The lowest BCUT2D eigenvalue weighted by molar-refractivity contribution is -0.384. The molecule has 1 rings (SSSR count). The minimum atomic E-state index is -1.22. The quantitative estimate of drug-likeness (QED) is 0.465. The van der Waals surface area contributed by atoms with Crippen molar-refractivity contribution in [3.05, 3.63) is 38.9 Å². The van der Waals surface area contributed by atoms with E-state index in [1.54, 1.807) is 0 Å². The van der Waals surface area contributed by atoms with Gasteiger partial charge in [-0.15, -0.1) is 0 Å². The van der Waals surface area contributed by atoms with Gasteiger partial charge >= 0.3 is 5.97 Å². The number of aliphatic hydroxyl groups is 1. The number of carbonyl (C=O) groups is 2. The molecular formula is C11H11ClN2O6. The van der Waals surface area contributed by atoms with Crippen LogP contribution >= 0.6 is 11.6 Å². The molecule has 0 aliphatic heterocycles. The number of hydrogen-bond acceptors (Lipinski definition) is 6. The van der Waals surface area contributed by atoms with Crippen molar-refractivity contribution in [1.82, 2.24) is 5.32 Å². The Kier molecular flexibility index (Phi) is 5.42. The number of amides is 1. The SMILES string of the molecule is COC(=O)C(CO)NC(=O)c1ccc([N+](=O)[O-])c(Cl)c1. The van der Waals surface area contributed by atoms with Crippen LogP contribution in [0.25, 0.3) is 0 Å². The molecule has 1 amide bonds. The monoisotopic (exact) mass is 302 g/mol. The summed E-state index contributed by atoms with van der Waals surface area (Å²) in [5, 5.41) is 21.6. The average molecular weight is 303 g/mol. The fraction of sp³-hybridized carbons (Fsp3) is 0.273. The van der Waals surface area contributed by atoms with Gasteiger partial charge in [-0.3, -0.25) is 14.9 Å². The topological polar surface area (TPSA) is 119 Å².